The average Bonchev–Trinajstić information content (AvgIpc) is 2.62. The van der Waals surface area contributed by atoms with Crippen LogP contribution in [0.3, 0.4) is 0 Å². The van der Waals surface area contributed by atoms with Gasteiger partial charge in [-0.1, -0.05) is 11.6 Å². The van der Waals surface area contributed by atoms with Crippen molar-refractivity contribution >= 4 is 23.2 Å². The van der Waals surface area contributed by atoms with E-state index in [0.717, 1.165) is 36.9 Å². The second-order valence-electron chi connectivity index (χ2n) is 5.59. The molecule has 1 aromatic heterocycles. The van der Waals surface area contributed by atoms with Gasteiger partial charge in [-0.2, -0.15) is 0 Å². The first-order valence-electron chi connectivity index (χ1n) is 7.82. The van der Waals surface area contributed by atoms with Gasteiger partial charge in [0.05, 0.1) is 6.54 Å². The molecule has 3 rings (SSSR count). The van der Waals surface area contributed by atoms with Crippen LogP contribution < -0.4 is 10.6 Å². The predicted octanol–water partition coefficient (Wildman–Crippen LogP) is 2.08. The van der Waals surface area contributed by atoms with E-state index in [2.05, 4.69) is 14.9 Å². The van der Waals surface area contributed by atoms with Crippen molar-refractivity contribution in [2.24, 2.45) is 10.7 Å². The van der Waals surface area contributed by atoms with E-state index in [1.165, 1.54) is 0 Å². The molecule has 0 radical (unpaired) electrons. The molecule has 0 saturated carbocycles. The molecule has 0 bridgehead atoms. The fourth-order valence-corrected chi connectivity index (χ4v) is 2.78. The fraction of sp³-hybridized carbons (Fsp3) is 0.294. The maximum Gasteiger partial charge on any atom is 0.191 e. The van der Waals surface area contributed by atoms with Crippen LogP contribution >= 0.6 is 11.6 Å². The smallest absolute Gasteiger partial charge is 0.191 e. The van der Waals surface area contributed by atoms with Gasteiger partial charge in [-0.15, -0.1) is 0 Å². The van der Waals surface area contributed by atoms with E-state index in [1.54, 1.807) is 18.3 Å². The number of aromatic nitrogens is 1. The zero-order chi connectivity index (χ0) is 16.9. The second kappa shape index (κ2) is 7.40. The summed E-state index contributed by atoms with van der Waals surface area (Å²) in [5.74, 6) is 0.623. The van der Waals surface area contributed by atoms with Crippen LogP contribution in [0.15, 0.2) is 47.6 Å². The summed E-state index contributed by atoms with van der Waals surface area (Å²) in [6, 6.07) is 11.1. The first-order valence-corrected chi connectivity index (χ1v) is 8.19. The van der Waals surface area contributed by atoms with Crippen LogP contribution in [0, 0.1) is 0 Å². The minimum Gasteiger partial charge on any atom is -0.506 e. The fourth-order valence-electron chi connectivity index (χ4n) is 2.65. The summed E-state index contributed by atoms with van der Waals surface area (Å²) in [5.41, 5.74) is 7.77. The van der Waals surface area contributed by atoms with E-state index >= 15 is 0 Å². The summed E-state index contributed by atoms with van der Waals surface area (Å²) in [5, 5.41) is 10.5. The Labute approximate surface area is 146 Å². The molecule has 6 nitrogen and oxygen atoms in total. The summed E-state index contributed by atoms with van der Waals surface area (Å²) in [7, 11) is 0. The molecule has 0 unspecified atom stereocenters. The molecular weight excluding hydrogens is 326 g/mol. The first-order chi connectivity index (χ1) is 11.6. The number of hydrogen-bond donors (Lipinski definition) is 2. The number of guanidine groups is 1. The number of nitrogens with zero attached hydrogens (tertiary/aromatic N) is 4. The minimum atomic E-state index is 0.140. The van der Waals surface area contributed by atoms with Gasteiger partial charge >= 0.3 is 0 Å². The maximum atomic E-state index is 9.71. The van der Waals surface area contributed by atoms with Gasteiger partial charge in [0.2, 0.25) is 0 Å². The number of benzene rings is 1. The molecule has 24 heavy (non-hydrogen) atoms. The van der Waals surface area contributed by atoms with Gasteiger partial charge in [0.1, 0.15) is 11.4 Å². The molecular formula is C17H20ClN5O. The summed E-state index contributed by atoms with van der Waals surface area (Å²) >= 11 is 5.93. The van der Waals surface area contributed by atoms with Crippen molar-refractivity contribution in [3.05, 3.63) is 53.3 Å². The molecule has 0 spiro atoms. The highest BCUT2D eigenvalue weighted by Gasteiger charge is 2.18. The zero-order valence-electron chi connectivity index (χ0n) is 13.3. The van der Waals surface area contributed by atoms with Gasteiger partial charge in [0.25, 0.3) is 0 Å². The van der Waals surface area contributed by atoms with Crippen molar-refractivity contribution in [2.75, 3.05) is 31.1 Å². The second-order valence-corrected chi connectivity index (χ2v) is 6.03. The Morgan fingerprint density at radius 2 is 1.88 bits per heavy atom. The molecule has 7 heteroatoms. The topological polar surface area (TPSA) is 78.0 Å². The highest BCUT2D eigenvalue weighted by molar-refractivity contribution is 6.30. The van der Waals surface area contributed by atoms with Crippen molar-refractivity contribution in [3.8, 4) is 5.75 Å². The number of aromatic hydroxyl groups is 1. The molecule has 2 heterocycles. The summed E-state index contributed by atoms with van der Waals surface area (Å²) in [6.07, 6.45) is 1.63. The number of aliphatic imine (C=N–C) groups is 1. The Morgan fingerprint density at radius 3 is 2.54 bits per heavy atom. The quantitative estimate of drug-likeness (QED) is 0.657. The Hall–Kier alpha value is -2.47. The largest absolute Gasteiger partial charge is 0.506 e. The molecule has 2 aromatic rings. The Morgan fingerprint density at radius 1 is 1.17 bits per heavy atom. The summed E-state index contributed by atoms with van der Waals surface area (Å²) in [4.78, 5) is 12.8. The van der Waals surface area contributed by atoms with Crippen LogP contribution in [0.4, 0.5) is 5.69 Å². The number of hydrogen-bond acceptors (Lipinski definition) is 4. The highest BCUT2D eigenvalue weighted by atomic mass is 35.5. The minimum absolute atomic E-state index is 0.140. The molecule has 1 saturated heterocycles. The van der Waals surface area contributed by atoms with Crippen molar-refractivity contribution in [2.45, 2.75) is 6.54 Å². The molecule has 0 amide bonds. The van der Waals surface area contributed by atoms with Gasteiger partial charge in [-0.25, -0.2) is 4.99 Å². The number of pyridine rings is 1. The van der Waals surface area contributed by atoms with Crippen molar-refractivity contribution in [3.63, 3.8) is 0 Å². The standard InChI is InChI=1S/C17H20ClN5O/c18-13-3-5-14(6-4-13)22-8-10-23(11-9-22)17(19)21-12-15-16(24)2-1-7-20-15/h1-7,24H,8-12H2,(H2,19,21). The average molecular weight is 346 g/mol. The van der Waals surface area contributed by atoms with Gasteiger partial charge < -0.3 is 20.6 Å². The van der Waals surface area contributed by atoms with Gasteiger partial charge in [0.15, 0.2) is 5.96 Å². The van der Waals surface area contributed by atoms with Crippen LogP contribution in [0.5, 0.6) is 5.75 Å². The third kappa shape index (κ3) is 3.89. The van der Waals surface area contributed by atoms with E-state index in [0.29, 0.717) is 11.7 Å². The summed E-state index contributed by atoms with van der Waals surface area (Å²) < 4.78 is 0. The first kappa shape index (κ1) is 16.4. The van der Waals surface area contributed by atoms with Crippen LogP contribution in [-0.2, 0) is 6.54 Å². The molecule has 0 aliphatic carbocycles. The number of piperazine rings is 1. The SMILES string of the molecule is NC(=NCc1ncccc1O)N1CCN(c2ccc(Cl)cc2)CC1. The molecule has 126 valence electrons. The van der Waals surface area contributed by atoms with E-state index in [-0.39, 0.29) is 12.3 Å². The number of rotatable bonds is 3. The van der Waals surface area contributed by atoms with Crippen LogP contribution in [0.1, 0.15) is 5.69 Å². The Bertz CT molecular complexity index is 711. The highest BCUT2D eigenvalue weighted by Crippen LogP contribution is 2.19. The van der Waals surface area contributed by atoms with Crippen LogP contribution in [0.25, 0.3) is 0 Å². The Kier molecular flexibility index (Phi) is 5.05. The number of nitrogens with two attached hydrogens (primary N) is 1. The molecule has 1 fully saturated rings. The van der Waals surface area contributed by atoms with E-state index < -0.39 is 0 Å². The van der Waals surface area contributed by atoms with E-state index in [4.69, 9.17) is 17.3 Å². The lowest BCUT2D eigenvalue weighted by Crippen LogP contribution is -2.51. The van der Waals surface area contributed by atoms with Gasteiger partial charge in [-0.05, 0) is 36.4 Å². The molecule has 3 N–H and O–H groups in total. The van der Waals surface area contributed by atoms with E-state index in [1.807, 2.05) is 29.2 Å². The van der Waals surface area contributed by atoms with Gasteiger partial charge in [0, 0.05) is 43.1 Å². The monoisotopic (exact) mass is 345 g/mol. The zero-order valence-corrected chi connectivity index (χ0v) is 14.0. The molecule has 1 aliphatic rings. The molecule has 0 atom stereocenters. The van der Waals surface area contributed by atoms with E-state index in [9.17, 15) is 5.11 Å². The third-order valence-corrected chi connectivity index (χ3v) is 4.30. The van der Waals surface area contributed by atoms with Crippen molar-refractivity contribution in [1.29, 1.82) is 0 Å². The molecule has 1 aliphatic heterocycles. The lowest BCUT2D eigenvalue weighted by Gasteiger charge is -2.36. The van der Waals surface area contributed by atoms with Crippen LogP contribution in [-0.4, -0.2) is 47.1 Å². The van der Waals surface area contributed by atoms with Crippen LogP contribution in [0.2, 0.25) is 5.02 Å². The molecule has 1 aromatic carbocycles. The van der Waals surface area contributed by atoms with Crippen molar-refractivity contribution < 1.29 is 5.11 Å². The van der Waals surface area contributed by atoms with Crippen molar-refractivity contribution in [1.82, 2.24) is 9.88 Å². The lowest BCUT2D eigenvalue weighted by atomic mass is 10.2. The lowest BCUT2D eigenvalue weighted by molar-refractivity contribution is 0.380. The predicted molar refractivity (Wildman–Crippen MR) is 96.5 cm³/mol. The Balaban J connectivity index is 1.56. The van der Waals surface area contributed by atoms with Gasteiger partial charge in [-0.3, -0.25) is 4.98 Å². The number of halogens is 1. The normalized spacial score (nSPS) is 15.6. The maximum absolute atomic E-state index is 9.71. The third-order valence-electron chi connectivity index (χ3n) is 4.05. The summed E-state index contributed by atoms with van der Waals surface area (Å²) in [6.45, 7) is 3.60. The number of anilines is 1.